The zero-order valence-electron chi connectivity index (χ0n) is 16.4. The van der Waals surface area contributed by atoms with Crippen LogP contribution in [-0.4, -0.2) is 46.3 Å². The summed E-state index contributed by atoms with van der Waals surface area (Å²) in [4.78, 5) is 10.5. The molecule has 7 heteroatoms. The van der Waals surface area contributed by atoms with Crippen LogP contribution in [0.1, 0.15) is 44.9 Å². The van der Waals surface area contributed by atoms with Gasteiger partial charge in [-0.15, -0.1) is 0 Å². The molecule has 0 amide bonds. The van der Waals surface area contributed by atoms with Gasteiger partial charge in [-0.2, -0.15) is 0 Å². The Morgan fingerprint density at radius 3 is 2.76 bits per heavy atom. The number of benzene rings is 1. The van der Waals surface area contributed by atoms with Crippen molar-refractivity contribution >= 4 is 17.6 Å². The molecule has 1 aliphatic rings. The van der Waals surface area contributed by atoms with E-state index in [-0.39, 0.29) is 31.3 Å². The number of carboxylic acid groups (broad SMARTS) is 1. The molecule has 0 aromatic heterocycles. The van der Waals surface area contributed by atoms with Gasteiger partial charge in [0.2, 0.25) is 0 Å². The Morgan fingerprint density at radius 2 is 2.03 bits per heavy atom. The van der Waals surface area contributed by atoms with Crippen molar-refractivity contribution in [2.45, 2.75) is 63.3 Å². The van der Waals surface area contributed by atoms with Crippen LogP contribution in [0.5, 0.6) is 5.75 Å². The Morgan fingerprint density at radius 1 is 1.28 bits per heavy atom. The van der Waals surface area contributed by atoms with Gasteiger partial charge < -0.3 is 20.1 Å². The lowest BCUT2D eigenvalue weighted by Gasteiger charge is -2.23. The van der Waals surface area contributed by atoms with Gasteiger partial charge >= 0.3 is 5.97 Å². The van der Waals surface area contributed by atoms with Crippen LogP contribution in [0, 0.1) is 11.8 Å². The Hall–Kier alpha value is -1.63. The molecule has 2 rings (SSSR count). The zero-order chi connectivity index (χ0) is 21.2. The van der Waals surface area contributed by atoms with E-state index in [0.29, 0.717) is 42.9 Å². The predicted molar refractivity (Wildman–Crippen MR) is 110 cm³/mol. The molecule has 1 fully saturated rings. The third kappa shape index (κ3) is 8.33. The first-order valence-corrected chi connectivity index (χ1v) is 10.5. The SMILES string of the molecule is O=C(O)CCC/C=C\C[C@@H]1[C@@H](CC[C@@H](F)COc2cccc(Cl)c2)[C@H](O)C[C@@H]1O. The second kappa shape index (κ2) is 12.2. The average molecular weight is 429 g/mol. The normalized spacial score (nSPS) is 25.4. The fourth-order valence-electron chi connectivity index (χ4n) is 3.85. The van der Waals surface area contributed by atoms with Gasteiger partial charge in [-0.25, -0.2) is 4.39 Å². The summed E-state index contributed by atoms with van der Waals surface area (Å²) in [6.45, 7) is -0.0835. The quantitative estimate of drug-likeness (QED) is 0.339. The Balaban J connectivity index is 1.75. The molecule has 0 unspecified atom stereocenters. The van der Waals surface area contributed by atoms with Crippen LogP contribution < -0.4 is 4.74 Å². The van der Waals surface area contributed by atoms with Gasteiger partial charge in [0.05, 0.1) is 12.2 Å². The van der Waals surface area contributed by atoms with E-state index in [9.17, 15) is 19.4 Å². The van der Waals surface area contributed by atoms with Crippen molar-refractivity contribution in [3.8, 4) is 5.75 Å². The van der Waals surface area contributed by atoms with E-state index in [1.165, 1.54) is 0 Å². The molecule has 3 N–H and O–H groups in total. The molecule has 29 heavy (non-hydrogen) atoms. The number of carboxylic acids is 1. The number of hydrogen-bond donors (Lipinski definition) is 3. The number of aliphatic hydroxyl groups is 2. The Bertz CT molecular complexity index is 668. The van der Waals surface area contributed by atoms with Crippen molar-refractivity contribution in [2.24, 2.45) is 11.8 Å². The zero-order valence-corrected chi connectivity index (χ0v) is 17.2. The van der Waals surface area contributed by atoms with Crippen molar-refractivity contribution in [1.29, 1.82) is 0 Å². The highest BCUT2D eigenvalue weighted by Gasteiger charge is 2.40. The first kappa shape index (κ1) is 23.6. The molecule has 0 spiro atoms. The van der Waals surface area contributed by atoms with Gasteiger partial charge in [0.25, 0.3) is 0 Å². The number of aliphatic hydroxyl groups excluding tert-OH is 2. The van der Waals surface area contributed by atoms with Crippen LogP contribution >= 0.6 is 11.6 Å². The van der Waals surface area contributed by atoms with E-state index in [0.717, 1.165) is 0 Å². The van der Waals surface area contributed by atoms with E-state index >= 15 is 0 Å². The van der Waals surface area contributed by atoms with Crippen LogP contribution in [0.25, 0.3) is 0 Å². The lowest BCUT2D eigenvalue weighted by Crippen LogP contribution is -2.24. The van der Waals surface area contributed by atoms with Crippen LogP contribution in [0.3, 0.4) is 0 Å². The summed E-state index contributed by atoms with van der Waals surface area (Å²) in [6.07, 6.45) is 4.38. The van der Waals surface area contributed by atoms with Crippen LogP contribution in [0.4, 0.5) is 4.39 Å². The molecule has 5 atom stereocenters. The number of allylic oxidation sites excluding steroid dienone is 2. The molecule has 0 aliphatic heterocycles. The topological polar surface area (TPSA) is 87.0 Å². The second-order valence-electron chi connectivity index (χ2n) is 7.63. The fraction of sp³-hybridized carbons (Fsp3) is 0.591. The molecule has 0 saturated heterocycles. The second-order valence-corrected chi connectivity index (χ2v) is 8.07. The van der Waals surface area contributed by atoms with Crippen LogP contribution in [0.2, 0.25) is 5.02 Å². The predicted octanol–water partition coefficient (Wildman–Crippen LogP) is 4.40. The van der Waals surface area contributed by atoms with E-state index in [1.807, 2.05) is 12.2 Å². The molecule has 162 valence electrons. The fourth-order valence-corrected chi connectivity index (χ4v) is 4.03. The molecular formula is C22H30ClFO5. The summed E-state index contributed by atoms with van der Waals surface area (Å²) in [5.41, 5.74) is 0. The third-order valence-electron chi connectivity index (χ3n) is 5.40. The largest absolute Gasteiger partial charge is 0.491 e. The first-order chi connectivity index (χ1) is 13.9. The summed E-state index contributed by atoms with van der Waals surface area (Å²) in [6, 6.07) is 6.80. The number of carbonyl (C=O) groups is 1. The van der Waals surface area contributed by atoms with Crippen molar-refractivity contribution in [1.82, 2.24) is 0 Å². The summed E-state index contributed by atoms with van der Waals surface area (Å²) in [5.74, 6) is -0.588. The summed E-state index contributed by atoms with van der Waals surface area (Å²) >= 11 is 5.88. The van der Waals surface area contributed by atoms with E-state index in [4.69, 9.17) is 21.4 Å². The van der Waals surface area contributed by atoms with Crippen molar-refractivity contribution in [3.05, 3.63) is 41.4 Å². The molecule has 1 aromatic rings. The first-order valence-electron chi connectivity index (χ1n) is 10.1. The summed E-state index contributed by atoms with van der Waals surface area (Å²) in [5, 5.41) is 29.7. The maximum absolute atomic E-state index is 14.3. The Labute approximate surface area is 176 Å². The highest BCUT2D eigenvalue weighted by Crippen LogP contribution is 2.38. The van der Waals surface area contributed by atoms with Gasteiger partial charge in [-0.1, -0.05) is 29.8 Å². The van der Waals surface area contributed by atoms with Crippen molar-refractivity contribution in [2.75, 3.05) is 6.61 Å². The lowest BCUT2D eigenvalue weighted by molar-refractivity contribution is -0.137. The van der Waals surface area contributed by atoms with Gasteiger partial charge in [0.1, 0.15) is 18.5 Å². The molecule has 5 nitrogen and oxygen atoms in total. The lowest BCUT2D eigenvalue weighted by atomic mass is 9.86. The van der Waals surface area contributed by atoms with Crippen molar-refractivity contribution < 1.29 is 29.2 Å². The van der Waals surface area contributed by atoms with Gasteiger partial charge in [-0.05, 0) is 68.6 Å². The summed E-state index contributed by atoms with van der Waals surface area (Å²) < 4.78 is 19.7. The molecule has 0 heterocycles. The van der Waals surface area contributed by atoms with Crippen molar-refractivity contribution in [3.63, 3.8) is 0 Å². The van der Waals surface area contributed by atoms with E-state index < -0.39 is 24.3 Å². The van der Waals surface area contributed by atoms with E-state index in [2.05, 4.69) is 0 Å². The highest BCUT2D eigenvalue weighted by molar-refractivity contribution is 6.30. The van der Waals surface area contributed by atoms with Crippen LogP contribution in [-0.2, 0) is 4.79 Å². The minimum atomic E-state index is -1.17. The standard InChI is InChI=1S/C22H30ClFO5/c23-15-6-5-7-17(12-15)29-14-16(24)10-11-19-18(20(25)13-21(19)26)8-3-1-2-4-9-22(27)28/h1,3,5-7,12,16,18-21,25-26H,2,4,8-11,13-14H2,(H,27,28)/b3-1-/t16-,18-,19-,20+,21-/m1/s1. The number of unbranched alkanes of at least 4 members (excludes halogenated alkanes) is 1. The molecular weight excluding hydrogens is 399 g/mol. The van der Waals surface area contributed by atoms with Gasteiger partial charge in [-0.3, -0.25) is 4.79 Å². The highest BCUT2D eigenvalue weighted by atomic mass is 35.5. The third-order valence-corrected chi connectivity index (χ3v) is 5.63. The van der Waals surface area contributed by atoms with Gasteiger partial charge in [0, 0.05) is 11.4 Å². The maximum atomic E-state index is 14.3. The number of aliphatic carboxylic acids is 1. The smallest absolute Gasteiger partial charge is 0.303 e. The average Bonchev–Trinajstić information content (AvgIpc) is 2.93. The minimum absolute atomic E-state index is 0.0835. The summed E-state index contributed by atoms with van der Waals surface area (Å²) in [7, 11) is 0. The number of rotatable bonds is 12. The minimum Gasteiger partial charge on any atom is -0.491 e. The van der Waals surface area contributed by atoms with Gasteiger partial charge in [0.15, 0.2) is 0 Å². The number of hydrogen-bond acceptors (Lipinski definition) is 4. The molecule has 1 aromatic carbocycles. The molecule has 1 saturated carbocycles. The number of ether oxygens (including phenoxy) is 1. The number of alkyl halides is 1. The molecule has 0 radical (unpaired) electrons. The molecule has 0 bridgehead atoms. The van der Waals surface area contributed by atoms with Crippen LogP contribution in [0.15, 0.2) is 36.4 Å². The monoisotopic (exact) mass is 428 g/mol. The Kier molecular flexibility index (Phi) is 9.91. The number of halogens is 2. The maximum Gasteiger partial charge on any atom is 0.303 e. The van der Waals surface area contributed by atoms with E-state index in [1.54, 1.807) is 24.3 Å². The molecule has 1 aliphatic carbocycles.